The summed E-state index contributed by atoms with van der Waals surface area (Å²) in [4.78, 5) is 26.7. The number of hydrogen-bond donors (Lipinski definition) is 1. The van der Waals surface area contributed by atoms with Gasteiger partial charge in [0.2, 0.25) is 11.7 Å². The standard InChI is InChI=1S/C18H27N5O2/c1-2-9-19-16(24)15-21-20-14-5-6-18(12-23(14)15)7-10-22(11-8-18)17(25)13-3-4-13/h13H,2-12H2,1H3,(H,19,24). The van der Waals surface area contributed by atoms with Gasteiger partial charge < -0.3 is 14.8 Å². The maximum absolute atomic E-state index is 12.3. The van der Waals surface area contributed by atoms with Gasteiger partial charge in [-0.15, -0.1) is 10.2 Å². The van der Waals surface area contributed by atoms with E-state index in [2.05, 4.69) is 20.4 Å². The number of piperidine rings is 1. The maximum Gasteiger partial charge on any atom is 0.289 e. The molecule has 2 amide bonds. The van der Waals surface area contributed by atoms with Crippen LogP contribution in [-0.4, -0.2) is 51.1 Å². The van der Waals surface area contributed by atoms with Gasteiger partial charge in [-0.1, -0.05) is 6.92 Å². The van der Waals surface area contributed by atoms with Crippen LogP contribution in [0.1, 0.15) is 61.9 Å². The van der Waals surface area contributed by atoms with Crippen LogP contribution in [0, 0.1) is 11.3 Å². The number of hydrogen-bond acceptors (Lipinski definition) is 4. The lowest BCUT2D eigenvalue weighted by Gasteiger charge is -2.44. The van der Waals surface area contributed by atoms with Gasteiger partial charge in [-0.25, -0.2) is 0 Å². The monoisotopic (exact) mass is 345 g/mol. The maximum atomic E-state index is 12.3. The third-order valence-corrected chi connectivity index (χ3v) is 6.00. The van der Waals surface area contributed by atoms with Crippen molar-refractivity contribution in [1.29, 1.82) is 0 Å². The van der Waals surface area contributed by atoms with Crippen LogP contribution in [0.3, 0.4) is 0 Å². The van der Waals surface area contributed by atoms with Crippen molar-refractivity contribution in [3.05, 3.63) is 11.6 Å². The molecule has 4 rings (SSSR count). The Hall–Kier alpha value is -1.92. The molecule has 0 atom stereocenters. The van der Waals surface area contributed by atoms with E-state index in [1.54, 1.807) is 0 Å². The second kappa shape index (κ2) is 6.42. The molecule has 3 aliphatic rings. The molecule has 25 heavy (non-hydrogen) atoms. The van der Waals surface area contributed by atoms with E-state index < -0.39 is 0 Å². The Morgan fingerprint density at radius 1 is 1.20 bits per heavy atom. The van der Waals surface area contributed by atoms with E-state index >= 15 is 0 Å². The molecule has 2 fully saturated rings. The number of rotatable bonds is 4. The highest BCUT2D eigenvalue weighted by Crippen LogP contribution is 2.42. The first-order valence-electron chi connectivity index (χ1n) is 9.61. The number of nitrogens with zero attached hydrogens (tertiary/aromatic N) is 4. The number of nitrogens with one attached hydrogen (secondary N) is 1. The molecular formula is C18H27N5O2. The molecule has 0 bridgehead atoms. The summed E-state index contributed by atoms with van der Waals surface area (Å²) in [6.07, 6.45) is 7.01. The highest BCUT2D eigenvalue weighted by Gasteiger charge is 2.42. The van der Waals surface area contributed by atoms with Crippen molar-refractivity contribution in [3.8, 4) is 0 Å². The predicted molar refractivity (Wildman–Crippen MR) is 91.9 cm³/mol. The molecule has 7 nitrogen and oxygen atoms in total. The van der Waals surface area contributed by atoms with Gasteiger partial charge in [0.1, 0.15) is 5.82 Å². The Labute approximate surface area is 148 Å². The van der Waals surface area contributed by atoms with Gasteiger partial charge in [-0.05, 0) is 43.9 Å². The summed E-state index contributed by atoms with van der Waals surface area (Å²) in [6, 6.07) is 0. The summed E-state index contributed by atoms with van der Waals surface area (Å²) in [5.74, 6) is 1.90. The Morgan fingerprint density at radius 3 is 2.64 bits per heavy atom. The lowest BCUT2D eigenvalue weighted by Crippen LogP contribution is -2.47. The van der Waals surface area contributed by atoms with Crippen molar-refractivity contribution in [2.24, 2.45) is 11.3 Å². The van der Waals surface area contributed by atoms with Crippen molar-refractivity contribution in [3.63, 3.8) is 0 Å². The fourth-order valence-corrected chi connectivity index (χ4v) is 4.16. The minimum absolute atomic E-state index is 0.126. The number of aromatic nitrogens is 3. The van der Waals surface area contributed by atoms with E-state index in [0.29, 0.717) is 24.2 Å². The summed E-state index contributed by atoms with van der Waals surface area (Å²) in [7, 11) is 0. The third kappa shape index (κ3) is 3.16. The van der Waals surface area contributed by atoms with Crippen molar-refractivity contribution in [2.45, 2.75) is 58.4 Å². The van der Waals surface area contributed by atoms with Crippen molar-refractivity contribution >= 4 is 11.8 Å². The minimum atomic E-state index is -0.126. The summed E-state index contributed by atoms with van der Waals surface area (Å²) >= 11 is 0. The van der Waals surface area contributed by atoms with Crippen LogP contribution >= 0.6 is 0 Å². The molecule has 1 aliphatic carbocycles. The largest absolute Gasteiger partial charge is 0.349 e. The first-order valence-corrected chi connectivity index (χ1v) is 9.61. The number of carbonyl (C=O) groups is 2. The highest BCUT2D eigenvalue weighted by atomic mass is 16.2. The fraction of sp³-hybridized carbons (Fsp3) is 0.778. The predicted octanol–water partition coefficient (Wildman–Crippen LogP) is 1.38. The van der Waals surface area contributed by atoms with Crippen molar-refractivity contribution in [2.75, 3.05) is 19.6 Å². The molecule has 2 aliphatic heterocycles. The molecule has 0 aromatic carbocycles. The first kappa shape index (κ1) is 16.5. The topological polar surface area (TPSA) is 80.1 Å². The Bertz CT molecular complexity index is 671. The lowest BCUT2D eigenvalue weighted by molar-refractivity contribution is -0.135. The number of amides is 2. The first-order chi connectivity index (χ1) is 12.1. The summed E-state index contributed by atoms with van der Waals surface area (Å²) in [5, 5.41) is 11.3. The van der Waals surface area contributed by atoms with Gasteiger partial charge in [-0.2, -0.15) is 0 Å². The van der Waals surface area contributed by atoms with Crippen LogP contribution in [-0.2, 0) is 17.8 Å². The molecule has 0 radical (unpaired) electrons. The van der Waals surface area contributed by atoms with Gasteiger partial charge in [0, 0.05) is 38.5 Å². The third-order valence-electron chi connectivity index (χ3n) is 6.00. The summed E-state index contributed by atoms with van der Waals surface area (Å²) in [5.41, 5.74) is 0.176. The summed E-state index contributed by atoms with van der Waals surface area (Å²) < 4.78 is 2.02. The van der Waals surface area contributed by atoms with Crippen LogP contribution in [0.5, 0.6) is 0 Å². The smallest absolute Gasteiger partial charge is 0.289 e. The number of fused-ring (bicyclic) bond motifs is 1. The van der Waals surface area contributed by atoms with E-state index in [1.807, 2.05) is 11.5 Å². The van der Waals surface area contributed by atoms with Crippen molar-refractivity contribution in [1.82, 2.24) is 25.0 Å². The van der Waals surface area contributed by atoms with E-state index in [4.69, 9.17) is 0 Å². The zero-order valence-electron chi connectivity index (χ0n) is 15.0. The van der Waals surface area contributed by atoms with E-state index in [-0.39, 0.29) is 11.3 Å². The molecule has 1 spiro atoms. The van der Waals surface area contributed by atoms with Crippen LogP contribution in [0.4, 0.5) is 0 Å². The second-order valence-electron chi connectivity index (χ2n) is 7.88. The van der Waals surface area contributed by atoms with Crippen LogP contribution < -0.4 is 5.32 Å². The second-order valence-corrected chi connectivity index (χ2v) is 7.88. The van der Waals surface area contributed by atoms with Crippen LogP contribution in [0.25, 0.3) is 0 Å². The average molecular weight is 345 g/mol. The molecule has 1 aromatic rings. The molecule has 136 valence electrons. The van der Waals surface area contributed by atoms with Gasteiger partial charge in [-0.3, -0.25) is 9.59 Å². The molecule has 1 N–H and O–H groups in total. The van der Waals surface area contributed by atoms with E-state index in [9.17, 15) is 9.59 Å². The van der Waals surface area contributed by atoms with Crippen LogP contribution in [0.2, 0.25) is 0 Å². The average Bonchev–Trinajstić information content (AvgIpc) is 3.40. The van der Waals surface area contributed by atoms with E-state index in [1.165, 1.54) is 0 Å². The zero-order chi connectivity index (χ0) is 17.4. The Kier molecular flexibility index (Phi) is 4.25. The SMILES string of the molecule is CCCNC(=O)c1nnc2n1CC1(CC2)CCN(C(=O)C2CC2)CC1. The zero-order valence-corrected chi connectivity index (χ0v) is 15.0. The molecule has 0 unspecified atom stereocenters. The quantitative estimate of drug-likeness (QED) is 0.894. The molecule has 1 saturated carbocycles. The molecule has 7 heteroatoms. The molecule has 1 aromatic heterocycles. The summed E-state index contributed by atoms with van der Waals surface area (Å²) in [6.45, 7) is 5.19. The van der Waals surface area contributed by atoms with Gasteiger partial charge in [0.05, 0.1) is 0 Å². The van der Waals surface area contributed by atoms with Gasteiger partial charge >= 0.3 is 0 Å². The number of carbonyl (C=O) groups excluding carboxylic acids is 2. The van der Waals surface area contributed by atoms with Crippen molar-refractivity contribution < 1.29 is 9.59 Å². The molecular weight excluding hydrogens is 318 g/mol. The van der Waals surface area contributed by atoms with Gasteiger partial charge in [0.25, 0.3) is 5.91 Å². The van der Waals surface area contributed by atoms with E-state index in [0.717, 1.165) is 70.4 Å². The highest BCUT2D eigenvalue weighted by molar-refractivity contribution is 5.90. The Balaban J connectivity index is 1.44. The lowest BCUT2D eigenvalue weighted by atomic mass is 9.73. The Morgan fingerprint density at radius 2 is 1.96 bits per heavy atom. The molecule has 1 saturated heterocycles. The number of likely N-dealkylation sites (tertiary alicyclic amines) is 1. The fourth-order valence-electron chi connectivity index (χ4n) is 4.16. The number of aryl methyl sites for hydroxylation is 1. The van der Waals surface area contributed by atoms with Gasteiger partial charge in [0.15, 0.2) is 0 Å². The normalized spacial score (nSPS) is 21.9. The minimum Gasteiger partial charge on any atom is -0.349 e. The van der Waals surface area contributed by atoms with Crippen LogP contribution in [0.15, 0.2) is 0 Å². The molecule has 3 heterocycles.